The second-order valence-electron chi connectivity index (χ2n) is 5.77. The standard InChI is InChI=1S/C16H17N3O4S/c17-24(22,23)15-8-4-7-14(16(15)19(20)21)18-10-9-13(11-18)12-5-2-1-3-6-12/h1-8,13H,9-11H2,(H2,17,22,23). The van der Waals surface area contributed by atoms with Gasteiger partial charge in [0.15, 0.2) is 4.90 Å². The molecule has 0 saturated carbocycles. The molecule has 8 heteroatoms. The average molecular weight is 347 g/mol. The number of nitro groups is 1. The quantitative estimate of drug-likeness (QED) is 0.674. The Morgan fingerprint density at radius 2 is 1.83 bits per heavy atom. The van der Waals surface area contributed by atoms with Gasteiger partial charge in [0.2, 0.25) is 10.0 Å². The maximum atomic E-state index is 11.7. The molecule has 1 unspecified atom stereocenters. The number of nitrogens with zero attached hydrogens (tertiary/aromatic N) is 2. The van der Waals surface area contributed by atoms with Crippen LogP contribution in [0, 0.1) is 10.1 Å². The van der Waals surface area contributed by atoms with E-state index < -0.39 is 25.5 Å². The highest BCUT2D eigenvalue weighted by Crippen LogP contribution is 2.38. The molecule has 1 aliphatic heterocycles. The van der Waals surface area contributed by atoms with E-state index >= 15 is 0 Å². The van der Waals surface area contributed by atoms with Gasteiger partial charge >= 0.3 is 5.69 Å². The van der Waals surface area contributed by atoms with Crippen molar-refractivity contribution in [3.05, 3.63) is 64.2 Å². The Labute approximate surface area is 139 Å². The molecular weight excluding hydrogens is 330 g/mol. The van der Waals surface area contributed by atoms with Crippen molar-refractivity contribution in [3.63, 3.8) is 0 Å². The maximum Gasteiger partial charge on any atom is 0.312 e. The Bertz CT molecular complexity index is 868. The summed E-state index contributed by atoms with van der Waals surface area (Å²) >= 11 is 0. The lowest BCUT2D eigenvalue weighted by atomic mass is 9.99. The predicted octanol–water partition coefficient (Wildman–Crippen LogP) is 2.24. The number of primary sulfonamides is 1. The minimum absolute atomic E-state index is 0.254. The van der Waals surface area contributed by atoms with Crippen LogP contribution >= 0.6 is 0 Å². The van der Waals surface area contributed by atoms with E-state index in [-0.39, 0.29) is 5.92 Å². The van der Waals surface area contributed by atoms with Gasteiger partial charge in [-0.05, 0) is 24.1 Å². The monoisotopic (exact) mass is 347 g/mol. The van der Waals surface area contributed by atoms with Gasteiger partial charge in [0, 0.05) is 19.0 Å². The molecule has 1 fully saturated rings. The van der Waals surface area contributed by atoms with Crippen molar-refractivity contribution in [2.45, 2.75) is 17.2 Å². The molecule has 2 aromatic rings. The van der Waals surface area contributed by atoms with Gasteiger partial charge in [0.25, 0.3) is 0 Å². The van der Waals surface area contributed by atoms with Gasteiger partial charge in [-0.25, -0.2) is 13.6 Å². The molecular formula is C16H17N3O4S. The Kier molecular flexibility index (Phi) is 4.25. The number of hydrogen-bond donors (Lipinski definition) is 1. The van der Waals surface area contributed by atoms with Crippen molar-refractivity contribution < 1.29 is 13.3 Å². The van der Waals surface area contributed by atoms with Gasteiger partial charge < -0.3 is 4.90 Å². The summed E-state index contributed by atoms with van der Waals surface area (Å²) in [5, 5.41) is 16.6. The molecule has 1 heterocycles. The van der Waals surface area contributed by atoms with Crippen LogP contribution in [-0.4, -0.2) is 26.4 Å². The molecule has 2 N–H and O–H groups in total. The number of hydrogen-bond acceptors (Lipinski definition) is 5. The van der Waals surface area contributed by atoms with Crippen LogP contribution in [0.1, 0.15) is 17.9 Å². The molecule has 0 bridgehead atoms. The molecule has 7 nitrogen and oxygen atoms in total. The Hall–Kier alpha value is -2.45. The fraction of sp³-hybridized carbons (Fsp3) is 0.250. The topological polar surface area (TPSA) is 107 Å². The van der Waals surface area contributed by atoms with E-state index in [2.05, 4.69) is 0 Å². The SMILES string of the molecule is NS(=O)(=O)c1cccc(N2CCC(c3ccccc3)C2)c1[N+](=O)[O-]. The number of anilines is 1. The minimum atomic E-state index is -4.16. The summed E-state index contributed by atoms with van der Waals surface area (Å²) in [7, 11) is -4.16. The van der Waals surface area contributed by atoms with E-state index in [0.717, 1.165) is 6.42 Å². The smallest absolute Gasteiger partial charge is 0.312 e. The first-order valence-electron chi connectivity index (χ1n) is 7.48. The summed E-state index contributed by atoms with van der Waals surface area (Å²) < 4.78 is 23.3. The molecule has 0 radical (unpaired) electrons. The van der Waals surface area contributed by atoms with Crippen LogP contribution in [-0.2, 0) is 10.0 Å². The van der Waals surface area contributed by atoms with Crippen molar-refractivity contribution in [3.8, 4) is 0 Å². The van der Waals surface area contributed by atoms with E-state index in [0.29, 0.717) is 18.8 Å². The van der Waals surface area contributed by atoms with E-state index in [4.69, 9.17) is 5.14 Å². The second-order valence-corrected chi connectivity index (χ2v) is 7.30. The third-order valence-corrected chi connectivity index (χ3v) is 5.21. The summed E-state index contributed by atoms with van der Waals surface area (Å²) in [5.41, 5.74) is 1.02. The first-order valence-corrected chi connectivity index (χ1v) is 9.02. The van der Waals surface area contributed by atoms with Crippen molar-refractivity contribution >= 4 is 21.4 Å². The minimum Gasteiger partial charge on any atom is -0.365 e. The Balaban J connectivity index is 1.98. The van der Waals surface area contributed by atoms with Crippen LogP contribution in [0.25, 0.3) is 0 Å². The number of rotatable bonds is 4. The first-order chi connectivity index (χ1) is 11.4. The van der Waals surface area contributed by atoms with Crippen LogP contribution in [0.2, 0.25) is 0 Å². The molecule has 24 heavy (non-hydrogen) atoms. The molecule has 126 valence electrons. The number of benzene rings is 2. The third-order valence-electron chi connectivity index (χ3n) is 4.27. The zero-order chi connectivity index (χ0) is 17.3. The molecule has 0 spiro atoms. The highest BCUT2D eigenvalue weighted by molar-refractivity contribution is 7.89. The van der Waals surface area contributed by atoms with Crippen molar-refractivity contribution in [1.82, 2.24) is 0 Å². The number of sulfonamides is 1. The van der Waals surface area contributed by atoms with Gasteiger partial charge in [-0.3, -0.25) is 10.1 Å². The summed E-state index contributed by atoms with van der Waals surface area (Å²) in [6.45, 7) is 1.22. The van der Waals surface area contributed by atoms with E-state index in [1.165, 1.54) is 17.7 Å². The van der Waals surface area contributed by atoms with Crippen LogP contribution in [0.5, 0.6) is 0 Å². The second kappa shape index (κ2) is 6.21. The number of nitro benzene ring substituents is 1. The Morgan fingerprint density at radius 1 is 1.12 bits per heavy atom. The van der Waals surface area contributed by atoms with Crippen molar-refractivity contribution in [2.24, 2.45) is 5.14 Å². The largest absolute Gasteiger partial charge is 0.365 e. The van der Waals surface area contributed by atoms with Gasteiger partial charge in [0.05, 0.1) is 4.92 Å². The average Bonchev–Trinajstić information content (AvgIpc) is 3.04. The highest BCUT2D eigenvalue weighted by atomic mass is 32.2. The molecule has 1 atom stereocenters. The summed E-state index contributed by atoms with van der Waals surface area (Å²) in [4.78, 5) is 12.2. The lowest BCUT2D eigenvalue weighted by Crippen LogP contribution is -2.22. The van der Waals surface area contributed by atoms with Gasteiger partial charge in [-0.15, -0.1) is 0 Å². The molecule has 3 rings (SSSR count). The zero-order valence-corrected chi connectivity index (χ0v) is 13.6. The maximum absolute atomic E-state index is 11.7. The normalized spacial score (nSPS) is 17.9. The third kappa shape index (κ3) is 3.10. The predicted molar refractivity (Wildman–Crippen MR) is 90.5 cm³/mol. The number of nitrogens with two attached hydrogens (primary N) is 1. The highest BCUT2D eigenvalue weighted by Gasteiger charge is 2.32. The molecule has 2 aromatic carbocycles. The van der Waals surface area contributed by atoms with Crippen molar-refractivity contribution in [1.29, 1.82) is 0 Å². The van der Waals surface area contributed by atoms with Crippen LogP contribution < -0.4 is 10.0 Å². The van der Waals surface area contributed by atoms with Crippen LogP contribution in [0.15, 0.2) is 53.4 Å². The molecule has 1 aliphatic rings. The summed E-state index contributed by atoms with van der Waals surface area (Å²) in [6.07, 6.45) is 0.848. The Morgan fingerprint density at radius 3 is 2.46 bits per heavy atom. The molecule has 1 saturated heterocycles. The van der Waals surface area contributed by atoms with E-state index in [1.54, 1.807) is 6.07 Å². The van der Waals surface area contributed by atoms with Gasteiger partial charge in [-0.1, -0.05) is 36.4 Å². The van der Waals surface area contributed by atoms with Gasteiger partial charge in [0.1, 0.15) is 5.69 Å². The molecule has 0 aromatic heterocycles. The zero-order valence-electron chi connectivity index (χ0n) is 12.8. The lowest BCUT2D eigenvalue weighted by molar-refractivity contribution is -0.387. The summed E-state index contributed by atoms with van der Waals surface area (Å²) in [6, 6.07) is 14.1. The van der Waals surface area contributed by atoms with Crippen molar-refractivity contribution in [2.75, 3.05) is 18.0 Å². The fourth-order valence-electron chi connectivity index (χ4n) is 3.16. The summed E-state index contributed by atoms with van der Waals surface area (Å²) in [5.74, 6) is 0.254. The number of para-hydroxylation sites is 1. The fourth-order valence-corrected chi connectivity index (χ4v) is 3.87. The van der Waals surface area contributed by atoms with Gasteiger partial charge in [-0.2, -0.15) is 0 Å². The first kappa shape index (κ1) is 16.4. The van der Waals surface area contributed by atoms with E-state index in [9.17, 15) is 18.5 Å². The molecule has 0 amide bonds. The molecule has 0 aliphatic carbocycles. The van der Waals surface area contributed by atoms with E-state index in [1.807, 2.05) is 35.2 Å². The van der Waals surface area contributed by atoms with Crippen LogP contribution in [0.4, 0.5) is 11.4 Å². The lowest BCUT2D eigenvalue weighted by Gasteiger charge is -2.19. The van der Waals surface area contributed by atoms with Crippen LogP contribution in [0.3, 0.4) is 0 Å².